The normalized spacial score (nSPS) is 31.6. The number of hydrogen-bond acceptors (Lipinski definition) is 4. The van der Waals surface area contributed by atoms with E-state index >= 15 is 0 Å². The third-order valence-corrected chi connectivity index (χ3v) is 5.53. The molecule has 1 saturated heterocycles. The minimum atomic E-state index is 0.784. The van der Waals surface area contributed by atoms with Crippen molar-refractivity contribution >= 4 is 5.69 Å². The molecule has 2 saturated carbocycles. The molecule has 2 bridgehead atoms. The molecule has 1 aromatic heterocycles. The molecule has 0 radical (unpaired) electrons. The van der Waals surface area contributed by atoms with Gasteiger partial charge in [-0.2, -0.15) is 0 Å². The van der Waals surface area contributed by atoms with E-state index in [1.807, 2.05) is 12.4 Å². The molecular weight excluding hydrogens is 262 g/mol. The maximum Gasteiger partial charge on any atom is 0.139 e. The molecule has 0 aromatic carbocycles. The molecule has 2 heterocycles. The second-order valence-electron chi connectivity index (χ2n) is 6.86. The Labute approximate surface area is 126 Å². The predicted molar refractivity (Wildman–Crippen MR) is 83.8 cm³/mol. The van der Waals surface area contributed by atoms with Crippen LogP contribution in [0.1, 0.15) is 25.7 Å². The maximum atomic E-state index is 6.07. The van der Waals surface area contributed by atoms with Crippen LogP contribution in [0.15, 0.2) is 18.5 Å². The number of piperazine rings is 1. The molecule has 2 aliphatic carbocycles. The third kappa shape index (κ3) is 2.86. The van der Waals surface area contributed by atoms with E-state index in [0.717, 1.165) is 56.3 Å². The van der Waals surface area contributed by atoms with E-state index in [2.05, 4.69) is 21.3 Å². The van der Waals surface area contributed by atoms with E-state index in [0.29, 0.717) is 0 Å². The molecule has 3 atom stereocenters. The Balaban J connectivity index is 1.36. The molecule has 4 nitrogen and oxygen atoms in total. The monoisotopic (exact) mass is 287 g/mol. The zero-order chi connectivity index (χ0) is 14.1. The lowest BCUT2D eigenvalue weighted by molar-refractivity contribution is 0.195. The number of rotatable bonds is 4. The minimum Gasteiger partial charge on any atom is -0.492 e. The first-order valence-corrected chi connectivity index (χ1v) is 8.42. The summed E-state index contributed by atoms with van der Waals surface area (Å²) in [7, 11) is 0. The van der Waals surface area contributed by atoms with E-state index < -0.39 is 0 Å². The Bertz CT molecular complexity index is 487. The molecule has 0 amide bonds. The Kier molecular flexibility index (Phi) is 3.72. The molecule has 4 rings (SSSR count). The van der Waals surface area contributed by atoms with Gasteiger partial charge in [0.15, 0.2) is 0 Å². The molecule has 0 spiro atoms. The second kappa shape index (κ2) is 5.84. The van der Waals surface area contributed by atoms with Gasteiger partial charge in [0.25, 0.3) is 0 Å². The Morgan fingerprint density at radius 2 is 2.10 bits per heavy atom. The van der Waals surface area contributed by atoms with Crippen LogP contribution in [0, 0.1) is 17.8 Å². The second-order valence-corrected chi connectivity index (χ2v) is 6.86. The van der Waals surface area contributed by atoms with E-state index in [-0.39, 0.29) is 0 Å². The zero-order valence-electron chi connectivity index (χ0n) is 12.6. The van der Waals surface area contributed by atoms with E-state index in [9.17, 15) is 0 Å². The quantitative estimate of drug-likeness (QED) is 0.922. The Morgan fingerprint density at radius 3 is 2.86 bits per heavy atom. The van der Waals surface area contributed by atoms with Crippen LogP contribution in [0.5, 0.6) is 5.75 Å². The summed E-state index contributed by atoms with van der Waals surface area (Å²) in [6, 6.07) is 2.16. The van der Waals surface area contributed by atoms with Gasteiger partial charge in [0, 0.05) is 32.2 Å². The lowest BCUT2D eigenvalue weighted by atomic mass is 9.90. The average molecular weight is 287 g/mol. The van der Waals surface area contributed by atoms with Crippen LogP contribution in [-0.2, 0) is 0 Å². The molecule has 3 aliphatic rings. The fraction of sp³-hybridized carbons (Fsp3) is 0.706. The molecule has 114 valence electrons. The SMILES string of the molecule is c1ncc(N2CCNCC2)cc1OCC1CC2CCC1C2. The molecule has 1 aromatic rings. The van der Waals surface area contributed by atoms with Crippen molar-refractivity contribution in [1.29, 1.82) is 0 Å². The van der Waals surface area contributed by atoms with Crippen molar-refractivity contribution < 1.29 is 4.74 Å². The van der Waals surface area contributed by atoms with Crippen LogP contribution in [0.4, 0.5) is 5.69 Å². The average Bonchev–Trinajstić information content (AvgIpc) is 3.17. The summed E-state index contributed by atoms with van der Waals surface area (Å²) in [6.45, 7) is 5.09. The van der Waals surface area contributed by atoms with Crippen molar-refractivity contribution in [2.24, 2.45) is 17.8 Å². The first-order chi connectivity index (χ1) is 10.4. The summed E-state index contributed by atoms with van der Waals surface area (Å²) in [4.78, 5) is 6.75. The molecular formula is C17H25N3O. The Hall–Kier alpha value is -1.29. The maximum absolute atomic E-state index is 6.07. The first-order valence-electron chi connectivity index (χ1n) is 8.42. The lowest BCUT2D eigenvalue weighted by Gasteiger charge is -2.29. The largest absolute Gasteiger partial charge is 0.492 e. The van der Waals surface area contributed by atoms with Gasteiger partial charge in [0.1, 0.15) is 5.75 Å². The number of ether oxygens (including phenoxy) is 1. The van der Waals surface area contributed by atoms with E-state index in [4.69, 9.17) is 4.74 Å². The highest BCUT2D eigenvalue weighted by Crippen LogP contribution is 2.48. The van der Waals surface area contributed by atoms with Gasteiger partial charge >= 0.3 is 0 Å². The standard InChI is InChI=1S/C17H25N3O/c1-2-14-7-13(1)8-15(14)12-21-17-9-16(10-19-11-17)20-5-3-18-4-6-20/h9-11,13-15,18H,1-8,12H2. The number of nitrogens with zero attached hydrogens (tertiary/aromatic N) is 2. The highest BCUT2D eigenvalue weighted by atomic mass is 16.5. The number of anilines is 1. The van der Waals surface area contributed by atoms with Gasteiger partial charge in [0.05, 0.1) is 24.7 Å². The van der Waals surface area contributed by atoms with Gasteiger partial charge in [-0.3, -0.25) is 4.98 Å². The Morgan fingerprint density at radius 1 is 1.19 bits per heavy atom. The van der Waals surface area contributed by atoms with Gasteiger partial charge in [-0.15, -0.1) is 0 Å². The van der Waals surface area contributed by atoms with Crippen LogP contribution in [-0.4, -0.2) is 37.8 Å². The van der Waals surface area contributed by atoms with Crippen molar-refractivity contribution in [3.8, 4) is 5.75 Å². The molecule has 4 heteroatoms. The summed E-state index contributed by atoms with van der Waals surface area (Å²) >= 11 is 0. The smallest absolute Gasteiger partial charge is 0.139 e. The van der Waals surface area contributed by atoms with Crippen LogP contribution >= 0.6 is 0 Å². The van der Waals surface area contributed by atoms with Crippen LogP contribution in [0.25, 0.3) is 0 Å². The van der Waals surface area contributed by atoms with Crippen molar-refractivity contribution in [2.75, 3.05) is 37.7 Å². The third-order valence-electron chi connectivity index (χ3n) is 5.53. The van der Waals surface area contributed by atoms with Crippen LogP contribution < -0.4 is 15.0 Å². The number of aromatic nitrogens is 1. The van der Waals surface area contributed by atoms with Crippen molar-refractivity contribution in [3.05, 3.63) is 18.5 Å². The highest BCUT2D eigenvalue weighted by Gasteiger charge is 2.39. The van der Waals surface area contributed by atoms with Gasteiger partial charge in [-0.1, -0.05) is 6.42 Å². The molecule has 3 unspecified atom stereocenters. The molecule has 1 aliphatic heterocycles. The summed E-state index contributed by atoms with van der Waals surface area (Å²) in [5.74, 6) is 3.65. The lowest BCUT2D eigenvalue weighted by Crippen LogP contribution is -2.43. The fourth-order valence-electron chi connectivity index (χ4n) is 4.37. The first kappa shape index (κ1) is 13.4. The number of fused-ring (bicyclic) bond motifs is 2. The fourth-order valence-corrected chi connectivity index (χ4v) is 4.37. The topological polar surface area (TPSA) is 37.4 Å². The van der Waals surface area contributed by atoms with Crippen LogP contribution in [0.3, 0.4) is 0 Å². The molecule has 1 N–H and O–H groups in total. The predicted octanol–water partition coefficient (Wildman–Crippen LogP) is 2.31. The minimum absolute atomic E-state index is 0.784. The van der Waals surface area contributed by atoms with E-state index in [1.54, 1.807) is 0 Å². The van der Waals surface area contributed by atoms with Gasteiger partial charge < -0.3 is 15.0 Å². The van der Waals surface area contributed by atoms with Gasteiger partial charge in [0.2, 0.25) is 0 Å². The van der Waals surface area contributed by atoms with Crippen molar-refractivity contribution in [3.63, 3.8) is 0 Å². The summed E-state index contributed by atoms with van der Waals surface area (Å²) < 4.78 is 6.07. The number of nitrogens with one attached hydrogen (secondary N) is 1. The summed E-state index contributed by atoms with van der Waals surface area (Å²) in [5.41, 5.74) is 1.20. The van der Waals surface area contributed by atoms with Crippen molar-refractivity contribution in [2.45, 2.75) is 25.7 Å². The number of hydrogen-bond donors (Lipinski definition) is 1. The van der Waals surface area contributed by atoms with Gasteiger partial charge in [-0.25, -0.2) is 0 Å². The molecule has 21 heavy (non-hydrogen) atoms. The number of pyridine rings is 1. The zero-order valence-corrected chi connectivity index (χ0v) is 12.6. The highest BCUT2D eigenvalue weighted by molar-refractivity contribution is 5.48. The summed E-state index contributed by atoms with van der Waals surface area (Å²) in [5, 5.41) is 3.38. The molecule has 3 fully saturated rings. The van der Waals surface area contributed by atoms with Crippen molar-refractivity contribution in [1.82, 2.24) is 10.3 Å². The summed E-state index contributed by atoms with van der Waals surface area (Å²) in [6.07, 6.45) is 9.54. The van der Waals surface area contributed by atoms with Gasteiger partial charge in [-0.05, 0) is 37.0 Å². The van der Waals surface area contributed by atoms with Crippen LogP contribution in [0.2, 0.25) is 0 Å². The van der Waals surface area contributed by atoms with E-state index in [1.165, 1.54) is 31.4 Å².